The number of carbonyl (C=O) groups is 1. The molecule has 0 fully saturated rings. The van der Waals surface area contributed by atoms with Crippen molar-refractivity contribution in [3.05, 3.63) is 92.8 Å². The highest BCUT2D eigenvalue weighted by Crippen LogP contribution is 2.28. The van der Waals surface area contributed by atoms with Gasteiger partial charge in [0.1, 0.15) is 5.56 Å². The van der Waals surface area contributed by atoms with Gasteiger partial charge in [0.05, 0.1) is 15.1 Å². The number of fused-ring (bicyclic) bond motifs is 3. The average Bonchev–Trinajstić information content (AvgIpc) is 3.05. The SMILES string of the molecule is C=CCn1c(=NC(=O)c2cc(Cl)ccc2[N+](=O)[O-])sc2c3ccccc3ccc21. The number of carbonyl (C=O) groups excluding carboxylic acids is 1. The van der Waals surface area contributed by atoms with Crippen LogP contribution in [0.2, 0.25) is 5.02 Å². The molecule has 1 heterocycles. The van der Waals surface area contributed by atoms with Crippen molar-refractivity contribution in [3.8, 4) is 0 Å². The first-order chi connectivity index (χ1) is 14.0. The largest absolute Gasteiger partial charge is 0.312 e. The van der Waals surface area contributed by atoms with Gasteiger partial charge in [0.2, 0.25) is 0 Å². The number of benzene rings is 3. The van der Waals surface area contributed by atoms with Crippen molar-refractivity contribution >= 4 is 55.5 Å². The molecule has 3 aromatic carbocycles. The maximum absolute atomic E-state index is 12.8. The second kappa shape index (κ2) is 7.62. The van der Waals surface area contributed by atoms with E-state index in [0.29, 0.717) is 11.3 Å². The van der Waals surface area contributed by atoms with E-state index >= 15 is 0 Å². The maximum atomic E-state index is 12.8. The van der Waals surface area contributed by atoms with Gasteiger partial charge in [0.15, 0.2) is 4.80 Å². The highest BCUT2D eigenvalue weighted by atomic mass is 35.5. The minimum atomic E-state index is -0.715. The number of aromatic nitrogens is 1. The lowest BCUT2D eigenvalue weighted by molar-refractivity contribution is -0.385. The molecule has 0 aliphatic heterocycles. The van der Waals surface area contributed by atoms with E-state index in [9.17, 15) is 14.9 Å². The Kier molecular flexibility index (Phi) is 5.00. The predicted molar refractivity (Wildman–Crippen MR) is 116 cm³/mol. The van der Waals surface area contributed by atoms with Gasteiger partial charge in [-0.3, -0.25) is 14.9 Å². The molecule has 0 atom stereocenters. The maximum Gasteiger partial charge on any atom is 0.286 e. The summed E-state index contributed by atoms with van der Waals surface area (Å²) < 4.78 is 2.85. The standard InChI is InChI=1S/C21H14ClN3O3S/c1-2-11-24-18-9-7-13-5-3-4-6-15(13)19(18)29-21(24)23-20(26)16-12-14(22)8-10-17(16)25(27)28/h2-10,12H,1,11H2. The predicted octanol–water partition coefficient (Wildman–Crippen LogP) is 5.34. The number of allylic oxidation sites excluding steroid dienone is 1. The lowest BCUT2D eigenvalue weighted by atomic mass is 10.1. The first-order valence-corrected chi connectivity index (χ1v) is 9.84. The molecule has 0 radical (unpaired) electrons. The van der Waals surface area contributed by atoms with Crippen LogP contribution < -0.4 is 4.80 Å². The van der Waals surface area contributed by atoms with Gasteiger partial charge in [0.25, 0.3) is 11.6 Å². The van der Waals surface area contributed by atoms with Crippen LogP contribution in [0.5, 0.6) is 0 Å². The minimum Gasteiger partial charge on any atom is -0.312 e. The zero-order valence-electron chi connectivity index (χ0n) is 15.0. The van der Waals surface area contributed by atoms with Gasteiger partial charge < -0.3 is 4.57 Å². The quantitative estimate of drug-likeness (QED) is 0.252. The molecule has 144 valence electrons. The summed E-state index contributed by atoms with van der Waals surface area (Å²) in [7, 11) is 0. The molecule has 0 bridgehead atoms. The number of nitro benzene ring substituents is 1. The van der Waals surface area contributed by atoms with Crippen molar-refractivity contribution in [2.45, 2.75) is 6.54 Å². The molecule has 0 aliphatic rings. The minimum absolute atomic E-state index is 0.144. The van der Waals surface area contributed by atoms with Crippen molar-refractivity contribution in [3.63, 3.8) is 0 Å². The van der Waals surface area contributed by atoms with E-state index in [-0.39, 0.29) is 16.3 Å². The lowest BCUT2D eigenvalue weighted by Crippen LogP contribution is -2.16. The first kappa shape index (κ1) is 19.0. The zero-order valence-corrected chi connectivity index (χ0v) is 16.6. The van der Waals surface area contributed by atoms with Crippen LogP contribution in [-0.4, -0.2) is 15.4 Å². The van der Waals surface area contributed by atoms with E-state index in [1.807, 2.05) is 41.0 Å². The van der Waals surface area contributed by atoms with Crippen molar-refractivity contribution in [2.75, 3.05) is 0 Å². The third kappa shape index (κ3) is 3.46. The fraction of sp³-hybridized carbons (Fsp3) is 0.0476. The number of thiazole rings is 1. The van der Waals surface area contributed by atoms with E-state index in [4.69, 9.17) is 11.6 Å². The van der Waals surface area contributed by atoms with Gasteiger partial charge in [-0.1, -0.05) is 59.3 Å². The van der Waals surface area contributed by atoms with Crippen molar-refractivity contribution in [1.29, 1.82) is 0 Å². The van der Waals surface area contributed by atoms with E-state index in [0.717, 1.165) is 21.0 Å². The normalized spacial score (nSPS) is 11.8. The summed E-state index contributed by atoms with van der Waals surface area (Å²) >= 11 is 7.31. The van der Waals surface area contributed by atoms with Crippen LogP contribution in [-0.2, 0) is 6.54 Å². The van der Waals surface area contributed by atoms with Crippen LogP contribution in [0.1, 0.15) is 10.4 Å². The van der Waals surface area contributed by atoms with Crippen molar-refractivity contribution in [1.82, 2.24) is 4.57 Å². The summed E-state index contributed by atoms with van der Waals surface area (Å²) in [6.07, 6.45) is 1.71. The summed E-state index contributed by atoms with van der Waals surface area (Å²) in [6, 6.07) is 15.8. The Labute approximate surface area is 174 Å². The summed E-state index contributed by atoms with van der Waals surface area (Å²) in [6.45, 7) is 4.23. The number of halogens is 1. The van der Waals surface area contributed by atoms with Crippen LogP contribution in [0.4, 0.5) is 5.69 Å². The number of nitrogens with zero attached hydrogens (tertiary/aromatic N) is 3. The Bertz CT molecular complexity index is 1370. The van der Waals surface area contributed by atoms with Crippen molar-refractivity contribution < 1.29 is 9.72 Å². The average molecular weight is 424 g/mol. The molecule has 29 heavy (non-hydrogen) atoms. The van der Waals surface area contributed by atoms with Crippen LogP contribution >= 0.6 is 22.9 Å². The van der Waals surface area contributed by atoms with Crippen LogP contribution in [0.25, 0.3) is 21.0 Å². The van der Waals surface area contributed by atoms with Crippen molar-refractivity contribution in [2.24, 2.45) is 4.99 Å². The lowest BCUT2D eigenvalue weighted by Gasteiger charge is -2.03. The molecule has 0 saturated heterocycles. The summed E-state index contributed by atoms with van der Waals surface area (Å²) in [5.74, 6) is -0.715. The smallest absolute Gasteiger partial charge is 0.286 e. The molecule has 0 unspecified atom stereocenters. The Morgan fingerprint density at radius 3 is 2.79 bits per heavy atom. The second-order valence-electron chi connectivity index (χ2n) is 6.25. The molecule has 6 nitrogen and oxygen atoms in total. The molecule has 1 amide bonds. The van der Waals surface area contributed by atoms with E-state index < -0.39 is 10.8 Å². The Morgan fingerprint density at radius 1 is 1.24 bits per heavy atom. The molecule has 4 aromatic rings. The molecular weight excluding hydrogens is 410 g/mol. The Balaban J connectivity index is 1.97. The first-order valence-electron chi connectivity index (χ1n) is 8.64. The Hall–Kier alpha value is -3.29. The fourth-order valence-corrected chi connectivity index (χ4v) is 4.52. The van der Waals surface area contributed by atoms with Crippen LogP contribution in [0.15, 0.2) is 72.2 Å². The van der Waals surface area contributed by atoms with Crippen LogP contribution in [0.3, 0.4) is 0 Å². The number of amides is 1. The fourth-order valence-electron chi connectivity index (χ4n) is 3.18. The van der Waals surface area contributed by atoms with Crippen LogP contribution in [0, 0.1) is 10.1 Å². The molecule has 0 aliphatic carbocycles. The van der Waals surface area contributed by atoms with Gasteiger partial charge in [-0.15, -0.1) is 6.58 Å². The molecule has 0 N–H and O–H groups in total. The summed E-state index contributed by atoms with van der Waals surface area (Å²) in [4.78, 5) is 28.2. The van der Waals surface area contributed by atoms with E-state index in [1.165, 1.54) is 29.5 Å². The molecule has 0 spiro atoms. The highest BCUT2D eigenvalue weighted by Gasteiger charge is 2.21. The number of hydrogen-bond acceptors (Lipinski definition) is 4. The topological polar surface area (TPSA) is 77.5 Å². The summed E-state index contributed by atoms with van der Waals surface area (Å²) in [5.41, 5.74) is 0.445. The van der Waals surface area contributed by atoms with Gasteiger partial charge in [-0.05, 0) is 23.6 Å². The Morgan fingerprint density at radius 2 is 2.03 bits per heavy atom. The van der Waals surface area contributed by atoms with E-state index in [2.05, 4.69) is 11.6 Å². The monoisotopic (exact) mass is 423 g/mol. The molecule has 0 saturated carbocycles. The number of rotatable bonds is 4. The highest BCUT2D eigenvalue weighted by molar-refractivity contribution is 7.17. The molecule has 1 aromatic heterocycles. The van der Waals surface area contributed by atoms with E-state index in [1.54, 1.807) is 6.08 Å². The molecule has 4 rings (SSSR count). The third-order valence-electron chi connectivity index (χ3n) is 4.47. The second-order valence-corrected chi connectivity index (χ2v) is 7.67. The zero-order chi connectivity index (χ0) is 20.5. The number of hydrogen-bond donors (Lipinski definition) is 0. The number of nitro groups is 1. The molecular formula is C21H14ClN3O3S. The van der Waals surface area contributed by atoms with Gasteiger partial charge >= 0.3 is 0 Å². The van der Waals surface area contributed by atoms with Gasteiger partial charge in [0, 0.05) is 23.0 Å². The molecule has 8 heteroatoms. The third-order valence-corrected chi connectivity index (χ3v) is 5.83. The van der Waals surface area contributed by atoms with Gasteiger partial charge in [-0.2, -0.15) is 4.99 Å². The van der Waals surface area contributed by atoms with Gasteiger partial charge in [-0.25, -0.2) is 0 Å². The summed E-state index contributed by atoms with van der Waals surface area (Å²) in [5, 5.41) is 13.7.